The van der Waals surface area contributed by atoms with Crippen LogP contribution in [0.5, 0.6) is 0 Å². The highest BCUT2D eigenvalue weighted by Gasteiger charge is 2.09. The third-order valence-electron chi connectivity index (χ3n) is 3.99. The molecule has 122 valence electrons. The minimum absolute atomic E-state index is 0.191. The van der Waals surface area contributed by atoms with Crippen molar-refractivity contribution in [3.63, 3.8) is 0 Å². The van der Waals surface area contributed by atoms with E-state index >= 15 is 0 Å². The summed E-state index contributed by atoms with van der Waals surface area (Å²) in [6.07, 6.45) is 5.77. The van der Waals surface area contributed by atoms with Gasteiger partial charge in [-0.3, -0.25) is 9.78 Å². The summed E-state index contributed by atoms with van der Waals surface area (Å²) >= 11 is 0. The Morgan fingerprint density at radius 1 is 0.913 bits per heavy atom. The third-order valence-corrected chi connectivity index (χ3v) is 3.99. The van der Waals surface area contributed by atoms with Crippen molar-refractivity contribution in [1.82, 2.24) is 9.88 Å². The maximum atomic E-state index is 12.2. The van der Waals surface area contributed by atoms with Crippen LogP contribution < -0.4 is 4.90 Å². The predicted molar refractivity (Wildman–Crippen MR) is 94.7 cm³/mol. The van der Waals surface area contributed by atoms with Crippen LogP contribution in [0.2, 0.25) is 0 Å². The predicted octanol–water partition coefficient (Wildman–Crippen LogP) is 2.78. The van der Waals surface area contributed by atoms with Gasteiger partial charge >= 0.3 is 0 Å². The summed E-state index contributed by atoms with van der Waals surface area (Å²) in [6.45, 7) is 0.739. The Kier molecular flexibility index (Phi) is 6.15. The Bertz CT molecular complexity index is 608. The van der Waals surface area contributed by atoms with Crippen molar-refractivity contribution < 1.29 is 4.79 Å². The number of carbonyl (C=O) groups is 1. The average molecular weight is 311 g/mol. The van der Waals surface area contributed by atoms with E-state index in [1.165, 1.54) is 16.8 Å². The number of amides is 1. The molecule has 0 unspecified atom stereocenters. The van der Waals surface area contributed by atoms with E-state index in [1.54, 1.807) is 12.4 Å². The van der Waals surface area contributed by atoms with Gasteiger partial charge in [0, 0.05) is 52.2 Å². The van der Waals surface area contributed by atoms with Gasteiger partial charge in [-0.05, 0) is 48.2 Å². The van der Waals surface area contributed by atoms with Crippen LogP contribution >= 0.6 is 0 Å². The summed E-state index contributed by atoms with van der Waals surface area (Å²) in [4.78, 5) is 20.1. The van der Waals surface area contributed by atoms with Crippen LogP contribution in [0, 0.1) is 0 Å². The third kappa shape index (κ3) is 5.40. The van der Waals surface area contributed by atoms with Gasteiger partial charge in [-0.2, -0.15) is 0 Å². The van der Waals surface area contributed by atoms with E-state index in [0.717, 1.165) is 19.4 Å². The lowest BCUT2D eigenvalue weighted by atomic mass is 10.1. The molecule has 0 atom stereocenters. The lowest BCUT2D eigenvalue weighted by Crippen LogP contribution is -2.29. The minimum Gasteiger partial charge on any atom is -0.378 e. The van der Waals surface area contributed by atoms with Crippen molar-refractivity contribution in [1.29, 1.82) is 0 Å². The Morgan fingerprint density at radius 3 is 2.13 bits per heavy atom. The van der Waals surface area contributed by atoms with Crippen molar-refractivity contribution in [2.75, 3.05) is 32.6 Å². The van der Waals surface area contributed by atoms with E-state index in [2.05, 4.69) is 34.1 Å². The van der Waals surface area contributed by atoms with Crippen LogP contribution in [0.15, 0.2) is 48.8 Å². The molecule has 2 aromatic rings. The van der Waals surface area contributed by atoms with Crippen LogP contribution in [-0.2, 0) is 17.6 Å². The fraction of sp³-hybridized carbons (Fsp3) is 0.368. The number of rotatable bonds is 7. The van der Waals surface area contributed by atoms with Gasteiger partial charge in [0.15, 0.2) is 0 Å². The Balaban J connectivity index is 1.77. The topological polar surface area (TPSA) is 36.4 Å². The van der Waals surface area contributed by atoms with Gasteiger partial charge in [0.1, 0.15) is 0 Å². The quantitative estimate of drug-likeness (QED) is 0.789. The van der Waals surface area contributed by atoms with Gasteiger partial charge in [-0.25, -0.2) is 0 Å². The molecule has 1 amide bonds. The molecule has 0 N–H and O–H groups in total. The molecule has 4 nitrogen and oxygen atoms in total. The number of aryl methyl sites for hydroxylation is 1. The summed E-state index contributed by atoms with van der Waals surface area (Å²) in [6, 6.07) is 12.4. The molecule has 0 bridgehead atoms. The van der Waals surface area contributed by atoms with Crippen LogP contribution in [0.1, 0.15) is 17.5 Å². The van der Waals surface area contributed by atoms with E-state index in [1.807, 2.05) is 38.2 Å². The standard InChI is InChI=1S/C19H25N3O/c1-21(2)18-7-4-16(5-8-18)6-9-19(23)22(3)15-12-17-10-13-20-14-11-17/h4-5,7-8,10-11,13-14H,6,9,12,15H2,1-3H3. The smallest absolute Gasteiger partial charge is 0.222 e. The Labute approximate surface area is 138 Å². The largest absolute Gasteiger partial charge is 0.378 e. The first-order chi connectivity index (χ1) is 11.1. The number of aromatic nitrogens is 1. The first-order valence-electron chi connectivity index (χ1n) is 7.95. The number of hydrogen-bond donors (Lipinski definition) is 0. The first kappa shape index (κ1) is 17.0. The first-order valence-corrected chi connectivity index (χ1v) is 7.95. The molecule has 1 aromatic heterocycles. The monoisotopic (exact) mass is 311 g/mol. The van der Waals surface area contributed by atoms with Crippen molar-refractivity contribution in [3.8, 4) is 0 Å². The lowest BCUT2D eigenvalue weighted by Gasteiger charge is -2.17. The highest BCUT2D eigenvalue weighted by Crippen LogP contribution is 2.13. The van der Waals surface area contributed by atoms with Crippen molar-refractivity contribution in [2.45, 2.75) is 19.3 Å². The van der Waals surface area contributed by atoms with E-state index in [4.69, 9.17) is 0 Å². The minimum atomic E-state index is 0.191. The summed E-state index contributed by atoms with van der Waals surface area (Å²) in [7, 11) is 5.92. The second-order valence-electron chi connectivity index (χ2n) is 5.98. The van der Waals surface area contributed by atoms with Gasteiger partial charge in [-0.15, -0.1) is 0 Å². The lowest BCUT2D eigenvalue weighted by molar-refractivity contribution is -0.129. The molecule has 2 rings (SSSR count). The molecule has 0 saturated heterocycles. The summed E-state index contributed by atoms with van der Waals surface area (Å²) in [5.41, 5.74) is 3.58. The van der Waals surface area contributed by atoms with Gasteiger partial charge < -0.3 is 9.80 Å². The van der Waals surface area contributed by atoms with Gasteiger partial charge in [0.25, 0.3) is 0 Å². The molecular formula is C19H25N3O. The van der Waals surface area contributed by atoms with Gasteiger partial charge in [-0.1, -0.05) is 12.1 Å². The number of benzene rings is 1. The van der Waals surface area contributed by atoms with E-state index < -0.39 is 0 Å². The van der Waals surface area contributed by atoms with E-state index in [0.29, 0.717) is 6.42 Å². The number of likely N-dealkylation sites (N-methyl/N-ethyl adjacent to an activating group) is 1. The van der Waals surface area contributed by atoms with E-state index in [9.17, 15) is 4.79 Å². The zero-order valence-corrected chi connectivity index (χ0v) is 14.2. The SMILES string of the molecule is CN(CCc1ccncc1)C(=O)CCc1ccc(N(C)C)cc1. The maximum Gasteiger partial charge on any atom is 0.222 e. The fourth-order valence-electron chi connectivity index (χ4n) is 2.37. The molecule has 4 heteroatoms. The second kappa shape index (κ2) is 8.32. The molecule has 0 aliphatic rings. The summed E-state index contributed by atoms with van der Waals surface area (Å²) in [5, 5.41) is 0. The zero-order valence-electron chi connectivity index (χ0n) is 14.2. The van der Waals surface area contributed by atoms with Crippen molar-refractivity contribution in [2.24, 2.45) is 0 Å². The molecule has 1 aromatic carbocycles. The zero-order chi connectivity index (χ0) is 16.7. The van der Waals surface area contributed by atoms with Crippen LogP contribution in [0.4, 0.5) is 5.69 Å². The normalized spacial score (nSPS) is 10.4. The maximum absolute atomic E-state index is 12.2. The summed E-state index contributed by atoms with van der Waals surface area (Å²) < 4.78 is 0. The Morgan fingerprint density at radius 2 is 1.52 bits per heavy atom. The second-order valence-corrected chi connectivity index (χ2v) is 5.98. The van der Waals surface area contributed by atoms with Crippen LogP contribution in [0.3, 0.4) is 0 Å². The number of anilines is 1. The van der Waals surface area contributed by atoms with Gasteiger partial charge in [0.2, 0.25) is 5.91 Å². The number of nitrogens with zero attached hydrogens (tertiary/aromatic N) is 3. The van der Waals surface area contributed by atoms with Crippen molar-refractivity contribution in [3.05, 3.63) is 59.9 Å². The highest BCUT2D eigenvalue weighted by molar-refractivity contribution is 5.76. The molecule has 23 heavy (non-hydrogen) atoms. The molecule has 1 heterocycles. The van der Waals surface area contributed by atoms with E-state index in [-0.39, 0.29) is 5.91 Å². The van der Waals surface area contributed by atoms with Crippen molar-refractivity contribution >= 4 is 11.6 Å². The fourth-order valence-corrected chi connectivity index (χ4v) is 2.37. The molecule has 0 spiro atoms. The average Bonchev–Trinajstić information content (AvgIpc) is 2.58. The Hall–Kier alpha value is -2.36. The molecule has 0 aliphatic heterocycles. The number of pyridine rings is 1. The van der Waals surface area contributed by atoms with Crippen LogP contribution in [0.25, 0.3) is 0 Å². The highest BCUT2D eigenvalue weighted by atomic mass is 16.2. The molecular weight excluding hydrogens is 286 g/mol. The molecule has 0 radical (unpaired) electrons. The molecule has 0 fully saturated rings. The number of carbonyl (C=O) groups excluding carboxylic acids is 1. The summed E-state index contributed by atoms with van der Waals surface area (Å²) in [5.74, 6) is 0.191. The number of hydrogen-bond acceptors (Lipinski definition) is 3. The van der Waals surface area contributed by atoms with Gasteiger partial charge in [0.05, 0.1) is 0 Å². The molecule has 0 aliphatic carbocycles. The van der Waals surface area contributed by atoms with Crippen LogP contribution in [-0.4, -0.2) is 43.5 Å². The molecule has 0 saturated carbocycles.